The van der Waals surface area contributed by atoms with Crippen molar-refractivity contribution in [3.63, 3.8) is 0 Å². The van der Waals surface area contributed by atoms with Crippen LogP contribution in [0.4, 0.5) is 13.2 Å². The molecule has 0 amide bonds. The van der Waals surface area contributed by atoms with Gasteiger partial charge in [-0.1, -0.05) is 24.0 Å². The summed E-state index contributed by atoms with van der Waals surface area (Å²) in [5.74, 6) is 6.14. The molecule has 34 heavy (non-hydrogen) atoms. The predicted molar refractivity (Wildman–Crippen MR) is 115 cm³/mol. The first-order valence-electron chi connectivity index (χ1n) is 10.1. The smallest absolute Gasteiger partial charge is 0.224 e. The summed E-state index contributed by atoms with van der Waals surface area (Å²) in [6, 6.07) is 16.0. The van der Waals surface area contributed by atoms with E-state index in [0.717, 1.165) is 17.5 Å². The van der Waals surface area contributed by atoms with Crippen LogP contribution < -0.4 is 4.74 Å². The molecule has 0 bridgehead atoms. The van der Waals surface area contributed by atoms with E-state index in [1.54, 1.807) is 12.1 Å². The molecule has 7 nitrogen and oxygen atoms in total. The topological polar surface area (TPSA) is 86.0 Å². The van der Waals surface area contributed by atoms with Gasteiger partial charge in [-0.15, -0.1) is 5.10 Å². The zero-order valence-corrected chi connectivity index (χ0v) is 17.6. The quantitative estimate of drug-likeness (QED) is 0.419. The summed E-state index contributed by atoms with van der Waals surface area (Å²) in [5.41, 5.74) is 2.04. The van der Waals surface area contributed by atoms with Gasteiger partial charge < -0.3 is 9.84 Å². The van der Waals surface area contributed by atoms with E-state index in [9.17, 15) is 18.3 Å². The number of hydrogen-bond donors (Lipinski definition) is 1. The van der Waals surface area contributed by atoms with Gasteiger partial charge in [-0.05, 0) is 64.5 Å². The van der Waals surface area contributed by atoms with Gasteiger partial charge in [0.1, 0.15) is 30.6 Å². The molecular weight excluding hydrogens is 447 g/mol. The summed E-state index contributed by atoms with van der Waals surface area (Å²) < 4.78 is 47.8. The van der Waals surface area contributed by atoms with Gasteiger partial charge in [0.2, 0.25) is 6.30 Å². The summed E-state index contributed by atoms with van der Waals surface area (Å²) >= 11 is 0. The fourth-order valence-corrected chi connectivity index (χ4v) is 2.92. The van der Waals surface area contributed by atoms with Crippen LogP contribution in [0.25, 0.3) is 0 Å². The summed E-state index contributed by atoms with van der Waals surface area (Å²) in [4.78, 5) is 3.94. The van der Waals surface area contributed by atoms with Crippen molar-refractivity contribution in [3.8, 4) is 17.6 Å². The number of ether oxygens (including phenoxy) is 1. The number of aliphatic hydroxyl groups excluding tert-OH is 1. The maximum absolute atomic E-state index is 14.5. The number of pyridine rings is 1. The number of nitrogens with zero attached hydrogens (tertiary/aromatic N) is 5. The molecule has 3 atom stereocenters. The lowest BCUT2D eigenvalue weighted by Gasteiger charge is -2.18. The summed E-state index contributed by atoms with van der Waals surface area (Å²) in [6.07, 6.45) is -3.98. The minimum Gasteiger partial charge on any atom is -0.489 e. The molecule has 2 heterocycles. The lowest BCUT2D eigenvalue weighted by molar-refractivity contribution is -0.0294. The van der Waals surface area contributed by atoms with Crippen molar-refractivity contribution < 1.29 is 23.0 Å². The van der Waals surface area contributed by atoms with Crippen molar-refractivity contribution in [2.75, 3.05) is 0 Å². The van der Waals surface area contributed by atoms with Crippen molar-refractivity contribution in [1.82, 2.24) is 25.2 Å². The summed E-state index contributed by atoms with van der Waals surface area (Å²) in [7, 11) is 0. The largest absolute Gasteiger partial charge is 0.489 e. The van der Waals surface area contributed by atoms with E-state index in [1.807, 2.05) is 24.3 Å². The number of tetrazole rings is 1. The fraction of sp³-hybridized carbons (Fsp3) is 0.167. The highest BCUT2D eigenvalue weighted by Gasteiger charge is 2.32. The van der Waals surface area contributed by atoms with Crippen LogP contribution >= 0.6 is 0 Å². The number of rotatable bonds is 7. The van der Waals surface area contributed by atoms with Crippen LogP contribution in [0.1, 0.15) is 34.9 Å². The normalized spacial score (nSPS) is 13.4. The van der Waals surface area contributed by atoms with Crippen LogP contribution in [-0.4, -0.2) is 36.4 Å². The highest BCUT2D eigenvalue weighted by molar-refractivity contribution is 5.43. The molecular formula is C24H18F3N5O2. The second-order valence-corrected chi connectivity index (χ2v) is 7.22. The Kier molecular flexibility index (Phi) is 7.15. The third-order valence-electron chi connectivity index (χ3n) is 4.79. The van der Waals surface area contributed by atoms with Gasteiger partial charge in [0.05, 0.1) is 5.69 Å². The third-order valence-corrected chi connectivity index (χ3v) is 4.79. The van der Waals surface area contributed by atoms with Crippen LogP contribution in [0.2, 0.25) is 0 Å². The fourth-order valence-electron chi connectivity index (χ4n) is 2.92. The Bertz CT molecular complexity index is 1260. The van der Waals surface area contributed by atoms with E-state index in [0.29, 0.717) is 22.6 Å². The van der Waals surface area contributed by atoms with Crippen molar-refractivity contribution in [1.29, 1.82) is 0 Å². The molecule has 0 radical (unpaired) electrons. The molecule has 4 aromatic rings. The Morgan fingerprint density at radius 2 is 1.65 bits per heavy atom. The molecule has 0 saturated heterocycles. The van der Waals surface area contributed by atoms with E-state index < -0.39 is 18.6 Å². The highest BCUT2D eigenvalue weighted by atomic mass is 19.2. The van der Waals surface area contributed by atoms with Gasteiger partial charge in [0, 0.05) is 17.3 Å². The zero-order valence-electron chi connectivity index (χ0n) is 17.6. The molecule has 10 heteroatoms. The molecule has 0 aliphatic carbocycles. The minimum absolute atomic E-state index is 0.140. The van der Waals surface area contributed by atoms with E-state index in [4.69, 9.17) is 4.74 Å². The molecule has 0 aliphatic rings. The van der Waals surface area contributed by atoms with Crippen molar-refractivity contribution in [2.45, 2.75) is 25.2 Å². The van der Waals surface area contributed by atoms with Gasteiger partial charge in [0.25, 0.3) is 0 Å². The first kappa shape index (κ1) is 22.9. The Hall–Kier alpha value is -4.23. The van der Waals surface area contributed by atoms with Crippen LogP contribution in [0.3, 0.4) is 0 Å². The van der Waals surface area contributed by atoms with Crippen LogP contribution in [0.5, 0.6) is 5.75 Å². The van der Waals surface area contributed by atoms with E-state index in [1.165, 1.54) is 30.5 Å². The van der Waals surface area contributed by atoms with Crippen LogP contribution in [-0.2, 0) is 6.61 Å². The summed E-state index contributed by atoms with van der Waals surface area (Å²) in [6.45, 7) is 0.328. The van der Waals surface area contributed by atoms with Crippen molar-refractivity contribution in [2.24, 2.45) is 0 Å². The molecule has 3 unspecified atom stereocenters. The average molecular weight is 465 g/mol. The van der Waals surface area contributed by atoms with Crippen molar-refractivity contribution >= 4 is 0 Å². The first-order valence-corrected chi connectivity index (χ1v) is 10.1. The molecule has 1 N–H and O–H groups in total. The van der Waals surface area contributed by atoms with Gasteiger partial charge >= 0.3 is 0 Å². The van der Waals surface area contributed by atoms with E-state index in [2.05, 4.69) is 32.4 Å². The third kappa shape index (κ3) is 5.76. The monoisotopic (exact) mass is 465 g/mol. The zero-order chi connectivity index (χ0) is 23.9. The Morgan fingerprint density at radius 3 is 2.29 bits per heavy atom. The molecule has 0 aliphatic heterocycles. The van der Waals surface area contributed by atoms with Gasteiger partial charge in [0.15, 0.2) is 6.17 Å². The minimum atomic E-state index is -2.16. The van der Waals surface area contributed by atoms with Crippen molar-refractivity contribution in [3.05, 3.63) is 101 Å². The number of halogens is 3. The molecule has 2 aromatic heterocycles. The number of benzene rings is 2. The first-order chi connectivity index (χ1) is 16.5. The highest BCUT2D eigenvalue weighted by Crippen LogP contribution is 2.27. The number of hydrogen-bond acceptors (Lipinski definition) is 6. The Morgan fingerprint density at radius 1 is 0.941 bits per heavy atom. The Balaban J connectivity index is 1.34. The maximum Gasteiger partial charge on any atom is 0.224 e. The number of aliphatic hydroxyl groups is 1. The van der Waals surface area contributed by atoms with E-state index >= 15 is 0 Å². The summed E-state index contributed by atoms with van der Waals surface area (Å²) in [5, 5.41) is 19.7. The van der Waals surface area contributed by atoms with Crippen LogP contribution in [0, 0.1) is 17.7 Å². The van der Waals surface area contributed by atoms with Gasteiger partial charge in [-0.2, -0.15) is 4.68 Å². The SMILES string of the molecule is OC(C(F)c1ccc(C#Cc2ccc(COc3ccc(F)cc3)cc2)cn1)C(F)n1cnnn1. The lowest BCUT2D eigenvalue weighted by Crippen LogP contribution is -2.26. The molecule has 0 saturated carbocycles. The second-order valence-electron chi connectivity index (χ2n) is 7.22. The molecule has 0 fully saturated rings. The molecule has 172 valence electrons. The standard InChI is InChI=1S/C24H18F3N5O2/c25-19-8-10-20(11-9-19)34-14-18-5-2-16(3-6-18)1-4-17-7-12-21(28-13-17)22(26)23(33)24(27)32-15-29-30-31-32/h2-3,5-13,15,22-24,33H,14H2. The lowest BCUT2D eigenvalue weighted by atomic mass is 10.1. The average Bonchev–Trinajstić information content (AvgIpc) is 3.42. The van der Waals surface area contributed by atoms with E-state index in [-0.39, 0.29) is 11.5 Å². The Labute approximate surface area is 192 Å². The van der Waals surface area contributed by atoms with Gasteiger partial charge in [-0.25, -0.2) is 13.2 Å². The second kappa shape index (κ2) is 10.6. The van der Waals surface area contributed by atoms with Gasteiger partial charge in [-0.3, -0.25) is 4.98 Å². The van der Waals surface area contributed by atoms with Crippen LogP contribution in [0.15, 0.2) is 73.2 Å². The predicted octanol–water partition coefficient (Wildman–Crippen LogP) is 3.73. The maximum atomic E-state index is 14.5. The number of alkyl halides is 2. The number of aromatic nitrogens is 5. The molecule has 2 aromatic carbocycles. The molecule has 4 rings (SSSR count). The molecule has 0 spiro atoms.